The highest BCUT2D eigenvalue weighted by molar-refractivity contribution is 5.92. The zero-order valence-electron chi connectivity index (χ0n) is 22.6. The average molecular weight is 553 g/mol. The summed E-state index contributed by atoms with van der Waals surface area (Å²) >= 11 is 0. The zero-order chi connectivity index (χ0) is 28.8. The first kappa shape index (κ1) is 27.8. The number of carbonyl (C=O) groups is 3. The Hall–Kier alpha value is -3.79. The molecule has 1 fully saturated rings. The van der Waals surface area contributed by atoms with Crippen LogP contribution in [0.15, 0.2) is 42.6 Å². The number of benzene rings is 2. The summed E-state index contributed by atoms with van der Waals surface area (Å²) < 4.78 is 28.3. The molecular weight excluding hydrogens is 518 g/mol. The van der Waals surface area contributed by atoms with E-state index in [0.29, 0.717) is 43.3 Å². The highest BCUT2D eigenvalue weighted by Crippen LogP contribution is 2.53. The topological polar surface area (TPSA) is 129 Å². The summed E-state index contributed by atoms with van der Waals surface area (Å²) in [5.41, 5.74) is 7.48. The van der Waals surface area contributed by atoms with E-state index in [4.69, 9.17) is 5.73 Å². The molecule has 0 radical (unpaired) electrons. The molecule has 0 bridgehead atoms. The van der Waals surface area contributed by atoms with Crippen molar-refractivity contribution in [2.45, 2.75) is 68.9 Å². The van der Waals surface area contributed by atoms with Crippen LogP contribution >= 0.6 is 0 Å². The van der Waals surface area contributed by atoms with Gasteiger partial charge in [-0.2, -0.15) is 0 Å². The highest BCUT2D eigenvalue weighted by Gasteiger charge is 2.47. The van der Waals surface area contributed by atoms with Gasteiger partial charge in [0.2, 0.25) is 11.8 Å². The minimum Gasteiger partial charge on any atom is -0.481 e. The summed E-state index contributed by atoms with van der Waals surface area (Å²) in [6, 6.07) is 8.00. The van der Waals surface area contributed by atoms with Gasteiger partial charge in [-0.15, -0.1) is 0 Å². The lowest BCUT2D eigenvalue weighted by molar-refractivity contribution is -0.138. The number of hydrogen-bond donors (Lipinski definition) is 4. The molecule has 2 aliphatic rings. The number of hydrogen-bond acceptors (Lipinski definition) is 4. The number of rotatable bonds is 7. The summed E-state index contributed by atoms with van der Waals surface area (Å²) in [4.78, 5) is 43.0. The van der Waals surface area contributed by atoms with Crippen LogP contribution in [-0.2, 0) is 26.2 Å². The van der Waals surface area contributed by atoms with Gasteiger partial charge in [-0.1, -0.05) is 6.07 Å². The Morgan fingerprint density at radius 2 is 1.82 bits per heavy atom. The van der Waals surface area contributed by atoms with Gasteiger partial charge in [0, 0.05) is 36.6 Å². The number of nitrogens with one attached hydrogen (secondary N) is 2. The first-order valence-electron chi connectivity index (χ1n) is 13.5. The van der Waals surface area contributed by atoms with Crippen molar-refractivity contribution >= 4 is 28.7 Å². The molecule has 1 spiro atoms. The normalized spacial score (nSPS) is 19.0. The maximum Gasteiger partial charge on any atom is 0.303 e. The van der Waals surface area contributed by atoms with Crippen LogP contribution in [0.2, 0.25) is 0 Å². The van der Waals surface area contributed by atoms with Gasteiger partial charge in [0.25, 0.3) is 0 Å². The van der Waals surface area contributed by atoms with Crippen molar-refractivity contribution in [3.63, 3.8) is 0 Å². The van der Waals surface area contributed by atoms with E-state index in [0.717, 1.165) is 16.6 Å². The van der Waals surface area contributed by atoms with Crippen molar-refractivity contribution < 1.29 is 28.3 Å². The third-order valence-corrected chi connectivity index (χ3v) is 8.46. The number of carboxylic acid groups (broad SMARTS) is 1. The molecule has 2 amide bonds. The van der Waals surface area contributed by atoms with E-state index in [2.05, 4.69) is 10.3 Å². The Labute approximate surface area is 230 Å². The number of nitrogens with two attached hydrogens (primary N) is 1. The van der Waals surface area contributed by atoms with Crippen molar-refractivity contribution in [2.75, 3.05) is 13.1 Å². The van der Waals surface area contributed by atoms with E-state index >= 15 is 0 Å². The Morgan fingerprint density at radius 3 is 2.50 bits per heavy atom. The van der Waals surface area contributed by atoms with E-state index in [-0.39, 0.29) is 30.5 Å². The number of amides is 2. The summed E-state index contributed by atoms with van der Waals surface area (Å²) in [5.74, 6) is -2.64. The van der Waals surface area contributed by atoms with Crippen molar-refractivity contribution in [1.82, 2.24) is 15.2 Å². The zero-order valence-corrected chi connectivity index (χ0v) is 22.6. The van der Waals surface area contributed by atoms with Crippen molar-refractivity contribution in [1.29, 1.82) is 0 Å². The number of aromatic nitrogens is 1. The minimum absolute atomic E-state index is 0.0305. The van der Waals surface area contributed by atoms with Crippen LogP contribution in [0.4, 0.5) is 8.78 Å². The molecule has 8 nitrogen and oxygen atoms in total. The van der Waals surface area contributed by atoms with Gasteiger partial charge in [0.15, 0.2) is 0 Å². The van der Waals surface area contributed by atoms with E-state index < -0.39 is 34.7 Å². The average Bonchev–Trinajstić information content (AvgIpc) is 3.40. The van der Waals surface area contributed by atoms with Crippen molar-refractivity contribution in [3.05, 3.63) is 70.9 Å². The van der Waals surface area contributed by atoms with Crippen LogP contribution in [0, 0.1) is 11.6 Å². The smallest absolute Gasteiger partial charge is 0.303 e. The Kier molecular flexibility index (Phi) is 7.16. The molecular formula is C30H34F2N4O4. The molecule has 0 saturated carbocycles. The lowest BCUT2D eigenvalue weighted by Gasteiger charge is -2.41. The second-order valence-electron chi connectivity index (χ2n) is 11.8. The van der Waals surface area contributed by atoms with Crippen LogP contribution in [0.1, 0.15) is 62.1 Å². The molecule has 10 heteroatoms. The Bertz CT molecular complexity index is 1470. The van der Waals surface area contributed by atoms with E-state index in [1.54, 1.807) is 37.1 Å². The second-order valence-corrected chi connectivity index (χ2v) is 11.8. The largest absolute Gasteiger partial charge is 0.481 e. The number of carboxylic acids is 1. The lowest BCUT2D eigenvalue weighted by Crippen LogP contribution is -2.58. The third-order valence-electron chi connectivity index (χ3n) is 8.46. The van der Waals surface area contributed by atoms with Crippen LogP contribution in [-0.4, -0.2) is 57.4 Å². The molecule has 1 saturated heterocycles. The fraction of sp³-hybridized carbons (Fsp3) is 0.433. The number of halogens is 2. The van der Waals surface area contributed by atoms with E-state index in [9.17, 15) is 28.3 Å². The maximum absolute atomic E-state index is 14.3. The van der Waals surface area contributed by atoms with Gasteiger partial charge >= 0.3 is 5.97 Å². The molecule has 5 N–H and O–H groups in total. The van der Waals surface area contributed by atoms with Crippen LogP contribution < -0.4 is 11.1 Å². The Morgan fingerprint density at radius 1 is 1.15 bits per heavy atom. The number of nitrogens with zero attached hydrogens (tertiary/aromatic N) is 1. The van der Waals surface area contributed by atoms with Crippen LogP contribution in [0.3, 0.4) is 0 Å². The van der Waals surface area contributed by atoms with Crippen molar-refractivity contribution in [2.24, 2.45) is 5.73 Å². The molecule has 2 heterocycles. The second kappa shape index (κ2) is 10.3. The van der Waals surface area contributed by atoms with Gasteiger partial charge in [-0.05, 0) is 91.5 Å². The molecule has 212 valence electrons. The fourth-order valence-corrected chi connectivity index (χ4v) is 6.36. The highest BCUT2D eigenvalue weighted by atomic mass is 19.1. The van der Waals surface area contributed by atoms with Crippen LogP contribution in [0.25, 0.3) is 10.9 Å². The number of piperidine rings is 1. The molecule has 1 unspecified atom stereocenters. The molecule has 40 heavy (non-hydrogen) atoms. The van der Waals surface area contributed by atoms with Gasteiger partial charge in [-0.25, -0.2) is 8.78 Å². The number of aromatic amines is 1. The third kappa shape index (κ3) is 5.32. The first-order valence-corrected chi connectivity index (χ1v) is 13.5. The first-order chi connectivity index (χ1) is 18.9. The SMILES string of the molecule is CC(C)(N)C(=O)N[C@H](Cc1c[nH]c2ccc(F)cc12)C(=O)N1CCC2(CC1)CC(CC(=O)O)c1ccc(F)cc12. The standard InChI is InChI=1S/C30H34F2N4O4/c1-29(2,33)28(40)35-25(11-18-16-34-24-6-4-19(31)13-22(18)24)27(39)36-9-7-30(8-10-36)15-17(12-26(37)38)21-5-3-20(32)14-23(21)30/h3-6,13-14,16-17,25,34H,7-12,15,33H2,1-2H3,(H,35,40)(H,37,38)/t17?,25-/m1/s1. The molecule has 5 rings (SSSR count). The number of carbonyl (C=O) groups excluding carboxylic acids is 2. The van der Waals surface area contributed by atoms with Gasteiger partial charge < -0.3 is 26.0 Å². The van der Waals surface area contributed by atoms with E-state index in [1.165, 1.54) is 24.3 Å². The summed E-state index contributed by atoms with van der Waals surface area (Å²) in [6.45, 7) is 3.85. The van der Waals surface area contributed by atoms with Crippen molar-refractivity contribution in [3.8, 4) is 0 Å². The minimum atomic E-state index is -1.21. The predicted molar refractivity (Wildman–Crippen MR) is 146 cm³/mol. The molecule has 3 aromatic rings. The number of H-pyrrole nitrogens is 1. The number of aliphatic carboxylic acids is 1. The van der Waals surface area contributed by atoms with Gasteiger partial charge in [0.05, 0.1) is 12.0 Å². The monoisotopic (exact) mass is 552 g/mol. The number of likely N-dealkylation sites (tertiary alicyclic amines) is 1. The van der Waals surface area contributed by atoms with Gasteiger partial charge in [-0.3, -0.25) is 14.4 Å². The molecule has 1 aliphatic carbocycles. The summed E-state index contributed by atoms with van der Waals surface area (Å²) in [7, 11) is 0. The van der Waals surface area contributed by atoms with Crippen LogP contribution in [0.5, 0.6) is 0 Å². The summed E-state index contributed by atoms with van der Waals surface area (Å²) in [5, 5.41) is 12.9. The molecule has 1 aliphatic heterocycles. The molecule has 1 aromatic heterocycles. The predicted octanol–water partition coefficient (Wildman–Crippen LogP) is 3.73. The van der Waals surface area contributed by atoms with Gasteiger partial charge in [0.1, 0.15) is 17.7 Å². The lowest BCUT2D eigenvalue weighted by atomic mass is 9.73. The maximum atomic E-state index is 14.3. The Balaban J connectivity index is 1.37. The van der Waals surface area contributed by atoms with E-state index in [1.807, 2.05) is 0 Å². The fourth-order valence-electron chi connectivity index (χ4n) is 6.36. The number of fused-ring (bicyclic) bond motifs is 3. The quantitative estimate of drug-likeness (QED) is 0.355. The molecule has 2 aromatic carbocycles. The molecule has 2 atom stereocenters. The summed E-state index contributed by atoms with van der Waals surface area (Å²) in [6.07, 6.45) is 3.50.